The van der Waals surface area contributed by atoms with Crippen LogP contribution >= 0.6 is 15.9 Å². The maximum Gasteiger partial charge on any atom is 0.0575 e. The zero-order valence-corrected chi connectivity index (χ0v) is 9.81. The number of alkyl halides is 1. The fourth-order valence-electron chi connectivity index (χ4n) is 2.27. The smallest absolute Gasteiger partial charge is 0.0575 e. The summed E-state index contributed by atoms with van der Waals surface area (Å²) in [7, 11) is 0. The minimum atomic E-state index is 0.496. The first-order valence-corrected chi connectivity index (χ1v) is 6.64. The highest BCUT2D eigenvalue weighted by Crippen LogP contribution is 2.40. The Bertz CT molecular complexity index is 159. The summed E-state index contributed by atoms with van der Waals surface area (Å²) in [4.78, 5) is 0. The van der Waals surface area contributed by atoms with E-state index < -0.39 is 0 Å². The second-order valence-electron chi connectivity index (χ2n) is 4.70. The first-order chi connectivity index (χ1) is 6.35. The fraction of sp³-hybridized carbons (Fsp3) is 1.00. The van der Waals surface area contributed by atoms with E-state index in [1.165, 1.54) is 44.9 Å². The lowest BCUT2D eigenvalue weighted by atomic mass is 9.89. The van der Waals surface area contributed by atoms with Gasteiger partial charge in [-0.2, -0.15) is 0 Å². The average molecular weight is 247 g/mol. The Hall–Kier alpha value is 0.440. The van der Waals surface area contributed by atoms with E-state index in [4.69, 9.17) is 4.74 Å². The molecule has 2 rings (SSSR count). The van der Waals surface area contributed by atoms with Crippen LogP contribution in [0.15, 0.2) is 0 Å². The summed E-state index contributed by atoms with van der Waals surface area (Å²) >= 11 is 3.64. The van der Waals surface area contributed by atoms with Gasteiger partial charge in [0, 0.05) is 10.7 Å². The van der Waals surface area contributed by atoms with Gasteiger partial charge in [0.1, 0.15) is 0 Å². The lowest BCUT2D eigenvalue weighted by molar-refractivity contribution is -0.0368. The Morgan fingerprint density at radius 2 is 1.85 bits per heavy atom. The zero-order chi connectivity index (χ0) is 9.15. The summed E-state index contributed by atoms with van der Waals surface area (Å²) in [6.07, 6.45) is 10.1. The van der Waals surface area contributed by atoms with Gasteiger partial charge in [0.2, 0.25) is 0 Å². The summed E-state index contributed by atoms with van der Waals surface area (Å²) in [6.45, 7) is 1.00. The van der Waals surface area contributed by atoms with Gasteiger partial charge in [-0.3, -0.25) is 0 Å². The predicted molar refractivity (Wildman–Crippen MR) is 58.3 cm³/mol. The van der Waals surface area contributed by atoms with Gasteiger partial charge < -0.3 is 4.74 Å². The van der Waals surface area contributed by atoms with E-state index >= 15 is 0 Å². The van der Waals surface area contributed by atoms with Crippen LogP contribution in [0.1, 0.15) is 44.9 Å². The van der Waals surface area contributed by atoms with E-state index in [-0.39, 0.29) is 0 Å². The van der Waals surface area contributed by atoms with Gasteiger partial charge in [-0.25, -0.2) is 0 Å². The van der Waals surface area contributed by atoms with Gasteiger partial charge >= 0.3 is 0 Å². The van der Waals surface area contributed by atoms with Crippen molar-refractivity contribution in [1.29, 1.82) is 0 Å². The molecule has 2 aliphatic carbocycles. The molecular weight excluding hydrogens is 228 g/mol. The molecule has 0 aliphatic heterocycles. The molecule has 0 aromatic carbocycles. The fourth-order valence-corrected chi connectivity index (χ4v) is 3.00. The average Bonchev–Trinajstić information content (AvgIpc) is 2.51. The predicted octanol–water partition coefficient (Wildman–Crippen LogP) is 3.51. The summed E-state index contributed by atoms with van der Waals surface area (Å²) in [5.74, 6) is 0. The molecule has 0 bridgehead atoms. The largest absolute Gasteiger partial charge is 0.378 e. The molecule has 0 amide bonds. The molecule has 1 nitrogen and oxygen atoms in total. The van der Waals surface area contributed by atoms with E-state index in [0.717, 1.165) is 11.9 Å². The van der Waals surface area contributed by atoms with Gasteiger partial charge in [0.15, 0.2) is 0 Å². The Labute approximate surface area is 89.4 Å². The van der Waals surface area contributed by atoms with Crippen molar-refractivity contribution >= 4 is 15.9 Å². The van der Waals surface area contributed by atoms with Crippen LogP contribution in [0, 0.1) is 5.41 Å². The Kier molecular flexibility index (Phi) is 3.31. The lowest BCUT2D eigenvalue weighted by Gasteiger charge is -2.32. The molecule has 0 atom stereocenters. The van der Waals surface area contributed by atoms with Crippen molar-refractivity contribution in [3.63, 3.8) is 0 Å². The molecule has 0 heterocycles. The van der Waals surface area contributed by atoms with Crippen molar-refractivity contribution in [2.75, 3.05) is 11.9 Å². The zero-order valence-electron chi connectivity index (χ0n) is 8.23. The number of halogens is 1. The van der Waals surface area contributed by atoms with Crippen LogP contribution in [-0.2, 0) is 4.74 Å². The molecule has 2 saturated carbocycles. The standard InChI is InChI=1S/C11H19BrO/c12-8-11(6-1-2-7-11)9-13-10-4-3-5-10/h10H,1-9H2. The Morgan fingerprint density at radius 1 is 1.15 bits per heavy atom. The first kappa shape index (κ1) is 9.97. The van der Waals surface area contributed by atoms with E-state index in [2.05, 4.69) is 15.9 Å². The minimum absolute atomic E-state index is 0.496. The van der Waals surface area contributed by atoms with Crippen LogP contribution in [0.3, 0.4) is 0 Å². The number of rotatable bonds is 4. The molecule has 76 valence electrons. The van der Waals surface area contributed by atoms with Crippen LogP contribution in [0.2, 0.25) is 0 Å². The molecule has 0 radical (unpaired) electrons. The van der Waals surface area contributed by atoms with E-state index in [9.17, 15) is 0 Å². The van der Waals surface area contributed by atoms with Crippen molar-refractivity contribution in [3.8, 4) is 0 Å². The number of ether oxygens (including phenoxy) is 1. The minimum Gasteiger partial charge on any atom is -0.378 e. The van der Waals surface area contributed by atoms with Gasteiger partial charge in [-0.1, -0.05) is 28.8 Å². The summed E-state index contributed by atoms with van der Waals surface area (Å²) in [6, 6.07) is 0. The normalized spacial score (nSPS) is 27.5. The van der Waals surface area contributed by atoms with Crippen LogP contribution < -0.4 is 0 Å². The van der Waals surface area contributed by atoms with E-state index in [1.807, 2.05) is 0 Å². The van der Waals surface area contributed by atoms with Crippen molar-refractivity contribution in [1.82, 2.24) is 0 Å². The number of hydrogen-bond acceptors (Lipinski definition) is 1. The van der Waals surface area contributed by atoms with Crippen molar-refractivity contribution in [2.24, 2.45) is 5.41 Å². The van der Waals surface area contributed by atoms with Crippen molar-refractivity contribution < 1.29 is 4.74 Å². The molecule has 0 spiro atoms. The first-order valence-electron chi connectivity index (χ1n) is 5.52. The molecule has 0 N–H and O–H groups in total. The van der Waals surface area contributed by atoms with Crippen LogP contribution in [-0.4, -0.2) is 18.0 Å². The van der Waals surface area contributed by atoms with Gasteiger partial charge in [0.25, 0.3) is 0 Å². The number of hydrogen-bond donors (Lipinski definition) is 0. The summed E-state index contributed by atoms with van der Waals surface area (Å²) in [5, 5.41) is 1.13. The topological polar surface area (TPSA) is 9.23 Å². The Balaban J connectivity index is 1.75. The van der Waals surface area contributed by atoms with Crippen molar-refractivity contribution in [3.05, 3.63) is 0 Å². The van der Waals surface area contributed by atoms with E-state index in [0.29, 0.717) is 11.5 Å². The third-order valence-corrected chi connectivity index (χ3v) is 4.81. The maximum atomic E-state index is 5.93. The van der Waals surface area contributed by atoms with Gasteiger partial charge in [-0.05, 0) is 32.1 Å². The molecule has 13 heavy (non-hydrogen) atoms. The van der Waals surface area contributed by atoms with Crippen molar-refractivity contribution in [2.45, 2.75) is 51.0 Å². The summed E-state index contributed by atoms with van der Waals surface area (Å²) < 4.78 is 5.93. The molecule has 2 heteroatoms. The van der Waals surface area contributed by atoms with Crippen LogP contribution in [0.25, 0.3) is 0 Å². The third kappa shape index (κ3) is 2.27. The SMILES string of the molecule is BrCC1(COC2CCC2)CCCC1. The summed E-state index contributed by atoms with van der Waals surface area (Å²) in [5.41, 5.74) is 0.496. The van der Waals surface area contributed by atoms with Crippen LogP contribution in [0.4, 0.5) is 0 Å². The highest BCUT2D eigenvalue weighted by atomic mass is 79.9. The second-order valence-corrected chi connectivity index (χ2v) is 5.27. The monoisotopic (exact) mass is 246 g/mol. The maximum absolute atomic E-state index is 5.93. The molecular formula is C11H19BrO. The lowest BCUT2D eigenvalue weighted by Crippen LogP contribution is -2.31. The third-order valence-electron chi connectivity index (χ3n) is 3.63. The highest BCUT2D eigenvalue weighted by molar-refractivity contribution is 9.09. The Morgan fingerprint density at radius 3 is 2.31 bits per heavy atom. The van der Waals surface area contributed by atoms with Gasteiger partial charge in [-0.15, -0.1) is 0 Å². The molecule has 0 saturated heterocycles. The molecule has 2 aliphatic rings. The van der Waals surface area contributed by atoms with Gasteiger partial charge in [0.05, 0.1) is 12.7 Å². The van der Waals surface area contributed by atoms with Crippen LogP contribution in [0.5, 0.6) is 0 Å². The molecule has 0 aromatic heterocycles. The molecule has 0 aromatic rings. The second kappa shape index (κ2) is 4.31. The molecule has 0 unspecified atom stereocenters. The quantitative estimate of drug-likeness (QED) is 0.691. The molecule has 2 fully saturated rings. The highest BCUT2D eigenvalue weighted by Gasteiger charge is 2.34. The van der Waals surface area contributed by atoms with E-state index in [1.54, 1.807) is 0 Å².